The van der Waals surface area contributed by atoms with Gasteiger partial charge in [-0.05, 0) is 43.5 Å². The first kappa shape index (κ1) is 13.1. The molecule has 0 aromatic heterocycles. The van der Waals surface area contributed by atoms with Crippen molar-refractivity contribution in [3.63, 3.8) is 0 Å². The molecule has 98 valence electrons. The first-order valence-electron chi connectivity index (χ1n) is 6.63. The minimum absolute atomic E-state index is 0.370. The van der Waals surface area contributed by atoms with Crippen LogP contribution in [0.3, 0.4) is 0 Å². The summed E-state index contributed by atoms with van der Waals surface area (Å²) in [6.45, 7) is 4.17. The third kappa shape index (κ3) is 2.72. The number of carboxylic acid groups (broad SMARTS) is 1. The van der Waals surface area contributed by atoms with Crippen LogP contribution in [-0.4, -0.2) is 36.1 Å². The third-order valence-corrected chi connectivity index (χ3v) is 3.91. The van der Waals surface area contributed by atoms with Gasteiger partial charge in [0.05, 0.1) is 5.92 Å². The van der Waals surface area contributed by atoms with Crippen molar-refractivity contribution in [2.45, 2.75) is 31.6 Å². The summed E-state index contributed by atoms with van der Waals surface area (Å²) in [4.78, 5) is 13.4. The van der Waals surface area contributed by atoms with Gasteiger partial charge < -0.3 is 10.0 Å². The molecule has 0 aliphatic carbocycles. The summed E-state index contributed by atoms with van der Waals surface area (Å²) in [5, 5.41) is 9.14. The first-order chi connectivity index (χ1) is 8.61. The molecule has 1 aromatic rings. The molecule has 0 bridgehead atoms. The zero-order valence-corrected chi connectivity index (χ0v) is 11.1. The molecule has 1 saturated heterocycles. The normalized spacial score (nSPS) is 22.0. The molecule has 1 aromatic carbocycles. The van der Waals surface area contributed by atoms with Crippen molar-refractivity contribution in [2.75, 3.05) is 20.1 Å². The number of likely N-dealkylation sites (tertiary alicyclic amines) is 1. The highest BCUT2D eigenvalue weighted by molar-refractivity contribution is 5.75. The molecule has 3 heteroatoms. The lowest BCUT2D eigenvalue weighted by Gasteiger charge is -2.14. The number of hydrogen-bond donors (Lipinski definition) is 1. The van der Waals surface area contributed by atoms with Gasteiger partial charge >= 0.3 is 5.97 Å². The highest BCUT2D eigenvalue weighted by Crippen LogP contribution is 2.28. The Hall–Kier alpha value is -1.35. The van der Waals surface area contributed by atoms with Crippen molar-refractivity contribution >= 4 is 5.97 Å². The Balaban J connectivity index is 2.12. The average Bonchev–Trinajstić information content (AvgIpc) is 2.77. The van der Waals surface area contributed by atoms with Gasteiger partial charge in [0.1, 0.15) is 0 Å². The Labute approximate surface area is 108 Å². The van der Waals surface area contributed by atoms with E-state index in [0.717, 1.165) is 18.7 Å². The summed E-state index contributed by atoms with van der Waals surface area (Å²) in [6, 6.07) is 8.17. The van der Waals surface area contributed by atoms with Crippen LogP contribution in [0.15, 0.2) is 24.3 Å². The molecule has 1 aliphatic rings. The van der Waals surface area contributed by atoms with Crippen molar-refractivity contribution in [1.82, 2.24) is 4.90 Å². The summed E-state index contributed by atoms with van der Waals surface area (Å²) in [5.41, 5.74) is 2.25. The van der Waals surface area contributed by atoms with Gasteiger partial charge in [-0.2, -0.15) is 0 Å². The average molecular weight is 247 g/mol. The number of hydrogen-bond acceptors (Lipinski definition) is 2. The fourth-order valence-electron chi connectivity index (χ4n) is 2.76. The summed E-state index contributed by atoms with van der Waals surface area (Å²) in [6.07, 6.45) is 1.84. The lowest BCUT2D eigenvalue weighted by molar-refractivity contribution is -0.138. The zero-order chi connectivity index (χ0) is 13.1. The topological polar surface area (TPSA) is 40.5 Å². The SMILES string of the molecule is CCC(C(=O)O)c1ccc(C2CCN(C)C2)cc1. The number of carbonyl (C=O) groups is 1. The van der Waals surface area contributed by atoms with Crippen molar-refractivity contribution in [3.05, 3.63) is 35.4 Å². The summed E-state index contributed by atoms with van der Waals surface area (Å²) in [7, 11) is 2.14. The second kappa shape index (κ2) is 5.53. The molecule has 1 aliphatic heterocycles. The van der Waals surface area contributed by atoms with Gasteiger partial charge in [0.2, 0.25) is 0 Å². The van der Waals surface area contributed by atoms with Crippen LogP contribution in [0.2, 0.25) is 0 Å². The summed E-state index contributed by atoms with van der Waals surface area (Å²) < 4.78 is 0. The number of nitrogens with zero attached hydrogens (tertiary/aromatic N) is 1. The molecular formula is C15H21NO2. The van der Waals surface area contributed by atoms with Crippen molar-refractivity contribution in [2.24, 2.45) is 0 Å². The van der Waals surface area contributed by atoms with Crippen LogP contribution < -0.4 is 0 Å². The highest BCUT2D eigenvalue weighted by atomic mass is 16.4. The number of aliphatic carboxylic acids is 1. The third-order valence-electron chi connectivity index (χ3n) is 3.91. The maximum atomic E-state index is 11.1. The van der Waals surface area contributed by atoms with Crippen LogP contribution >= 0.6 is 0 Å². The van der Waals surface area contributed by atoms with Gasteiger partial charge in [-0.15, -0.1) is 0 Å². The first-order valence-corrected chi connectivity index (χ1v) is 6.63. The maximum Gasteiger partial charge on any atom is 0.310 e. The molecule has 0 spiro atoms. The van der Waals surface area contributed by atoms with Crippen molar-refractivity contribution < 1.29 is 9.90 Å². The fraction of sp³-hybridized carbons (Fsp3) is 0.533. The molecule has 0 amide bonds. The zero-order valence-electron chi connectivity index (χ0n) is 11.1. The Kier molecular flexibility index (Phi) is 4.02. The molecule has 2 unspecified atom stereocenters. The van der Waals surface area contributed by atoms with Gasteiger partial charge in [-0.3, -0.25) is 4.79 Å². The largest absolute Gasteiger partial charge is 0.481 e. The molecular weight excluding hydrogens is 226 g/mol. The molecule has 2 rings (SSSR count). The molecule has 1 N–H and O–H groups in total. The van der Waals surface area contributed by atoms with E-state index in [-0.39, 0.29) is 5.92 Å². The van der Waals surface area contributed by atoms with E-state index < -0.39 is 5.97 Å². The van der Waals surface area contributed by atoms with E-state index in [1.807, 2.05) is 19.1 Å². The Morgan fingerprint density at radius 1 is 1.44 bits per heavy atom. The monoisotopic (exact) mass is 247 g/mol. The molecule has 2 atom stereocenters. The van der Waals surface area contributed by atoms with E-state index in [4.69, 9.17) is 5.11 Å². The van der Waals surface area contributed by atoms with Crippen molar-refractivity contribution in [3.8, 4) is 0 Å². The van der Waals surface area contributed by atoms with E-state index in [9.17, 15) is 4.79 Å². The predicted octanol–water partition coefficient (Wildman–Crippen LogP) is 2.68. The molecule has 1 fully saturated rings. The standard InChI is InChI=1S/C15H21NO2/c1-3-14(15(17)18)12-6-4-11(5-7-12)13-8-9-16(2)10-13/h4-7,13-14H,3,8-10H2,1-2H3,(H,17,18). The smallest absolute Gasteiger partial charge is 0.310 e. The lowest BCUT2D eigenvalue weighted by Crippen LogP contribution is -2.13. The van der Waals surface area contributed by atoms with Crippen LogP contribution in [-0.2, 0) is 4.79 Å². The van der Waals surface area contributed by atoms with E-state index in [0.29, 0.717) is 12.3 Å². The maximum absolute atomic E-state index is 11.1. The van der Waals surface area contributed by atoms with Crippen LogP contribution in [0.1, 0.15) is 42.7 Å². The molecule has 18 heavy (non-hydrogen) atoms. The van der Waals surface area contributed by atoms with Crippen molar-refractivity contribution in [1.29, 1.82) is 0 Å². The minimum Gasteiger partial charge on any atom is -0.481 e. The van der Waals surface area contributed by atoms with Crippen LogP contribution in [0, 0.1) is 0 Å². The van der Waals surface area contributed by atoms with Gasteiger partial charge in [0.15, 0.2) is 0 Å². The minimum atomic E-state index is -0.731. The number of benzene rings is 1. The fourth-order valence-corrected chi connectivity index (χ4v) is 2.76. The number of likely N-dealkylation sites (N-methyl/N-ethyl adjacent to an activating group) is 1. The van der Waals surface area contributed by atoms with Gasteiger partial charge in [0.25, 0.3) is 0 Å². The molecule has 3 nitrogen and oxygen atoms in total. The lowest BCUT2D eigenvalue weighted by atomic mass is 9.92. The summed E-state index contributed by atoms with van der Waals surface area (Å²) in [5.74, 6) is -0.495. The Bertz CT molecular complexity index is 413. The van der Waals surface area contributed by atoms with E-state index in [1.165, 1.54) is 12.0 Å². The number of carboxylic acids is 1. The Morgan fingerprint density at radius 3 is 2.56 bits per heavy atom. The molecule has 1 heterocycles. The predicted molar refractivity (Wildman–Crippen MR) is 72.0 cm³/mol. The van der Waals surface area contributed by atoms with E-state index in [1.54, 1.807) is 0 Å². The second-order valence-corrected chi connectivity index (χ2v) is 5.21. The molecule has 0 radical (unpaired) electrons. The highest BCUT2D eigenvalue weighted by Gasteiger charge is 2.22. The van der Waals surface area contributed by atoms with E-state index >= 15 is 0 Å². The van der Waals surface area contributed by atoms with Gasteiger partial charge in [-0.25, -0.2) is 0 Å². The van der Waals surface area contributed by atoms with E-state index in [2.05, 4.69) is 24.1 Å². The van der Waals surface area contributed by atoms with Gasteiger partial charge in [0, 0.05) is 6.54 Å². The summed E-state index contributed by atoms with van der Waals surface area (Å²) >= 11 is 0. The number of rotatable bonds is 4. The Morgan fingerprint density at radius 2 is 2.11 bits per heavy atom. The van der Waals surface area contributed by atoms with Crippen LogP contribution in [0.4, 0.5) is 0 Å². The van der Waals surface area contributed by atoms with Crippen LogP contribution in [0.25, 0.3) is 0 Å². The van der Waals surface area contributed by atoms with Crippen LogP contribution in [0.5, 0.6) is 0 Å². The molecule has 0 saturated carbocycles. The quantitative estimate of drug-likeness (QED) is 0.889. The van der Waals surface area contributed by atoms with Gasteiger partial charge in [-0.1, -0.05) is 31.2 Å². The second-order valence-electron chi connectivity index (χ2n) is 5.21.